The average Bonchev–Trinajstić information content (AvgIpc) is 3.38. The smallest absolute Gasteiger partial charge is 0.261 e. The Balaban J connectivity index is 1.26. The lowest BCUT2D eigenvalue weighted by atomic mass is 10.0. The molecule has 0 saturated carbocycles. The molecule has 3 N–H and O–H groups in total. The number of carbonyl (C=O) groups is 1. The quantitative estimate of drug-likeness (QED) is 0.720. The summed E-state index contributed by atoms with van der Waals surface area (Å²) >= 11 is 1.52. The van der Waals surface area contributed by atoms with Gasteiger partial charge in [0.2, 0.25) is 0 Å². The molecular formula is C21H28N4O2S. The highest BCUT2D eigenvalue weighted by atomic mass is 32.1. The first-order valence-corrected chi connectivity index (χ1v) is 10.8. The first kappa shape index (κ1) is 19.4. The Labute approximate surface area is 170 Å². The van der Waals surface area contributed by atoms with Crippen LogP contribution in [-0.4, -0.2) is 43.2 Å². The van der Waals surface area contributed by atoms with Gasteiger partial charge >= 0.3 is 0 Å². The number of likely N-dealkylation sites (tertiary alicyclic amines) is 1. The van der Waals surface area contributed by atoms with Crippen molar-refractivity contribution in [1.29, 1.82) is 0 Å². The van der Waals surface area contributed by atoms with Gasteiger partial charge in [0.15, 0.2) is 0 Å². The van der Waals surface area contributed by atoms with Gasteiger partial charge in [-0.1, -0.05) is 12.1 Å². The highest BCUT2D eigenvalue weighted by Gasteiger charge is 2.32. The maximum atomic E-state index is 12.4. The van der Waals surface area contributed by atoms with Crippen LogP contribution in [0, 0.1) is 6.92 Å². The third-order valence-electron chi connectivity index (χ3n) is 5.78. The normalized spacial score (nSPS) is 23.6. The Hall–Kier alpha value is -1.93. The molecule has 2 unspecified atom stereocenters. The van der Waals surface area contributed by atoms with Gasteiger partial charge in [0.05, 0.1) is 18.2 Å². The first-order chi connectivity index (χ1) is 13.6. The van der Waals surface area contributed by atoms with Crippen LogP contribution in [0.2, 0.25) is 0 Å². The van der Waals surface area contributed by atoms with Crippen LogP contribution in [-0.2, 0) is 0 Å². The molecule has 28 heavy (non-hydrogen) atoms. The fraction of sp³-hybridized carbons (Fsp3) is 0.476. The molecule has 3 heterocycles. The third-order valence-corrected chi connectivity index (χ3v) is 6.79. The van der Waals surface area contributed by atoms with Crippen molar-refractivity contribution in [3.8, 4) is 5.75 Å². The van der Waals surface area contributed by atoms with E-state index in [0.29, 0.717) is 12.2 Å². The van der Waals surface area contributed by atoms with Crippen molar-refractivity contribution in [1.82, 2.24) is 21.1 Å². The van der Waals surface area contributed by atoms with E-state index < -0.39 is 0 Å². The van der Waals surface area contributed by atoms with E-state index in [-0.39, 0.29) is 11.9 Å². The van der Waals surface area contributed by atoms with Crippen LogP contribution in [0.1, 0.15) is 46.1 Å². The van der Waals surface area contributed by atoms with Gasteiger partial charge in [-0.3, -0.25) is 9.69 Å². The number of piperidine rings is 1. The SMILES string of the molecule is COc1ccc(C2CC(N3CCC(NC(=O)c4sccc4C)CC3)NN2)cc1. The Kier molecular flexibility index (Phi) is 5.96. The fourth-order valence-corrected chi connectivity index (χ4v) is 4.87. The van der Waals surface area contributed by atoms with E-state index in [0.717, 1.165) is 48.5 Å². The molecule has 6 nitrogen and oxygen atoms in total. The Morgan fingerprint density at radius 3 is 2.57 bits per heavy atom. The van der Waals surface area contributed by atoms with Crippen LogP contribution in [0.5, 0.6) is 5.75 Å². The van der Waals surface area contributed by atoms with E-state index in [2.05, 4.69) is 33.2 Å². The molecule has 1 aromatic heterocycles. The molecule has 2 aliphatic heterocycles. The van der Waals surface area contributed by atoms with Crippen molar-refractivity contribution >= 4 is 17.2 Å². The molecule has 2 atom stereocenters. The monoisotopic (exact) mass is 400 g/mol. The van der Waals surface area contributed by atoms with Gasteiger partial charge in [0.1, 0.15) is 5.75 Å². The van der Waals surface area contributed by atoms with Crippen molar-refractivity contribution in [2.45, 2.75) is 44.4 Å². The molecule has 0 bridgehead atoms. The molecule has 2 aliphatic rings. The number of hydrazine groups is 1. The number of nitrogens with one attached hydrogen (secondary N) is 3. The summed E-state index contributed by atoms with van der Waals surface area (Å²) in [4.78, 5) is 15.8. The number of amides is 1. The summed E-state index contributed by atoms with van der Waals surface area (Å²) in [5.74, 6) is 0.958. The standard InChI is InChI=1S/C21H28N4O2S/c1-14-9-12-28-20(14)21(26)22-16-7-10-25(11-8-16)19-13-18(23-24-19)15-3-5-17(27-2)6-4-15/h3-6,9,12,16,18-19,23-24H,7-8,10-11,13H2,1-2H3,(H,22,26). The van der Waals surface area contributed by atoms with Crippen molar-refractivity contribution in [3.63, 3.8) is 0 Å². The van der Waals surface area contributed by atoms with Gasteiger partial charge in [-0.05, 0) is 60.9 Å². The van der Waals surface area contributed by atoms with E-state index in [1.807, 2.05) is 30.5 Å². The molecule has 7 heteroatoms. The highest BCUT2D eigenvalue weighted by Crippen LogP contribution is 2.27. The van der Waals surface area contributed by atoms with Gasteiger partial charge in [-0.25, -0.2) is 10.9 Å². The summed E-state index contributed by atoms with van der Waals surface area (Å²) in [7, 11) is 1.69. The number of aryl methyl sites for hydroxylation is 1. The van der Waals surface area contributed by atoms with Gasteiger partial charge in [0, 0.05) is 25.2 Å². The van der Waals surface area contributed by atoms with E-state index in [1.165, 1.54) is 16.9 Å². The average molecular weight is 401 g/mol. The van der Waals surface area contributed by atoms with Gasteiger partial charge in [0.25, 0.3) is 5.91 Å². The molecule has 150 valence electrons. The minimum Gasteiger partial charge on any atom is -0.497 e. The van der Waals surface area contributed by atoms with Crippen LogP contribution >= 0.6 is 11.3 Å². The van der Waals surface area contributed by atoms with Crippen molar-refractivity contribution in [3.05, 3.63) is 51.7 Å². The number of ether oxygens (including phenoxy) is 1. The highest BCUT2D eigenvalue weighted by molar-refractivity contribution is 7.12. The summed E-state index contributed by atoms with van der Waals surface area (Å²) in [5, 5.41) is 5.19. The number of thiophene rings is 1. The molecule has 2 saturated heterocycles. The largest absolute Gasteiger partial charge is 0.497 e. The van der Waals surface area contributed by atoms with Crippen LogP contribution < -0.4 is 20.9 Å². The van der Waals surface area contributed by atoms with Gasteiger partial charge < -0.3 is 10.1 Å². The number of benzene rings is 1. The lowest BCUT2D eigenvalue weighted by molar-refractivity contribution is 0.0883. The minimum atomic E-state index is 0.0752. The van der Waals surface area contributed by atoms with E-state index in [4.69, 9.17) is 4.74 Å². The Morgan fingerprint density at radius 1 is 1.18 bits per heavy atom. The van der Waals surface area contributed by atoms with Crippen molar-refractivity contribution < 1.29 is 9.53 Å². The molecule has 4 rings (SSSR count). The third kappa shape index (κ3) is 4.22. The lowest BCUT2D eigenvalue weighted by Crippen LogP contribution is -2.51. The number of carbonyl (C=O) groups excluding carboxylic acids is 1. The molecule has 0 aliphatic carbocycles. The van der Waals surface area contributed by atoms with E-state index in [1.54, 1.807) is 7.11 Å². The van der Waals surface area contributed by atoms with Crippen LogP contribution in [0.25, 0.3) is 0 Å². The fourth-order valence-electron chi connectivity index (χ4n) is 4.05. The maximum absolute atomic E-state index is 12.4. The second-order valence-electron chi connectivity index (χ2n) is 7.58. The zero-order chi connectivity index (χ0) is 19.5. The number of hydrogen-bond acceptors (Lipinski definition) is 6. The molecule has 1 amide bonds. The zero-order valence-corrected chi connectivity index (χ0v) is 17.2. The summed E-state index contributed by atoms with van der Waals surface area (Å²) < 4.78 is 5.24. The van der Waals surface area contributed by atoms with Gasteiger partial charge in [-0.2, -0.15) is 0 Å². The second kappa shape index (κ2) is 8.61. The van der Waals surface area contributed by atoms with Crippen molar-refractivity contribution in [2.75, 3.05) is 20.2 Å². The summed E-state index contributed by atoms with van der Waals surface area (Å²) in [6, 6.07) is 10.8. The topological polar surface area (TPSA) is 65.6 Å². The summed E-state index contributed by atoms with van der Waals surface area (Å²) in [6.45, 7) is 3.97. The summed E-state index contributed by atoms with van der Waals surface area (Å²) in [6.07, 6.45) is 3.32. The second-order valence-corrected chi connectivity index (χ2v) is 8.50. The Bertz CT molecular complexity index is 799. The predicted molar refractivity (Wildman–Crippen MR) is 112 cm³/mol. The van der Waals surface area contributed by atoms with Crippen LogP contribution in [0.4, 0.5) is 0 Å². The Morgan fingerprint density at radius 2 is 1.93 bits per heavy atom. The van der Waals surface area contributed by atoms with E-state index >= 15 is 0 Å². The molecule has 0 spiro atoms. The van der Waals surface area contributed by atoms with Crippen molar-refractivity contribution in [2.24, 2.45) is 0 Å². The maximum Gasteiger partial charge on any atom is 0.261 e. The minimum absolute atomic E-state index is 0.0752. The van der Waals surface area contributed by atoms with Crippen LogP contribution in [0.15, 0.2) is 35.7 Å². The van der Waals surface area contributed by atoms with E-state index in [9.17, 15) is 4.79 Å². The number of methoxy groups -OCH3 is 1. The van der Waals surface area contributed by atoms with Gasteiger partial charge in [-0.15, -0.1) is 11.3 Å². The molecule has 1 aromatic carbocycles. The van der Waals surface area contributed by atoms with Crippen LogP contribution in [0.3, 0.4) is 0 Å². The molecule has 2 fully saturated rings. The zero-order valence-electron chi connectivity index (χ0n) is 16.4. The number of hydrogen-bond donors (Lipinski definition) is 3. The predicted octanol–water partition coefficient (Wildman–Crippen LogP) is 2.82. The molecule has 2 aromatic rings. The molecular weight excluding hydrogens is 372 g/mol. The first-order valence-electron chi connectivity index (χ1n) is 9.88. The number of rotatable bonds is 5. The summed E-state index contributed by atoms with van der Waals surface area (Å²) in [5.41, 5.74) is 9.20. The lowest BCUT2D eigenvalue weighted by Gasteiger charge is -2.35. The molecule has 0 radical (unpaired) electrons. The number of nitrogens with zero attached hydrogens (tertiary/aromatic N) is 1.